The van der Waals surface area contributed by atoms with E-state index in [0.717, 1.165) is 17.7 Å². The maximum atomic E-state index is 12.0. The van der Waals surface area contributed by atoms with E-state index in [1.165, 1.54) is 11.6 Å². The van der Waals surface area contributed by atoms with Crippen molar-refractivity contribution in [3.63, 3.8) is 0 Å². The van der Waals surface area contributed by atoms with Crippen molar-refractivity contribution in [3.05, 3.63) is 58.6 Å². The number of hydrogen-bond acceptors (Lipinski definition) is 4. The summed E-state index contributed by atoms with van der Waals surface area (Å²) in [5.74, 6) is 1.84. The van der Waals surface area contributed by atoms with Gasteiger partial charge in [-0.3, -0.25) is 4.79 Å². The van der Waals surface area contributed by atoms with Gasteiger partial charge in [0.15, 0.2) is 11.5 Å². The SMILES string of the molecule is O=C(C=Cc1cc(Cl)c2c(c1)OCO2)NCC1Cc2ccccc2O1. The molecule has 0 aliphatic carbocycles. The quantitative estimate of drug-likeness (QED) is 0.854. The number of hydrogen-bond donors (Lipinski definition) is 1. The second kappa shape index (κ2) is 6.69. The first-order valence-electron chi connectivity index (χ1n) is 7.98. The van der Waals surface area contributed by atoms with Gasteiger partial charge < -0.3 is 19.5 Å². The van der Waals surface area contributed by atoms with Gasteiger partial charge in [0, 0.05) is 12.5 Å². The van der Waals surface area contributed by atoms with E-state index in [-0.39, 0.29) is 18.8 Å². The fourth-order valence-corrected chi connectivity index (χ4v) is 3.17. The van der Waals surface area contributed by atoms with Crippen LogP contribution in [0.15, 0.2) is 42.5 Å². The van der Waals surface area contributed by atoms with Gasteiger partial charge in [-0.1, -0.05) is 29.8 Å². The highest BCUT2D eigenvalue weighted by atomic mass is 35.5. The Hall–Kier alpha value is -2.66. The molecule has 2 aromatic carbocycles. The van der Waals surface area contributed by atoms with Crippen LogP contribution in [0.3, 0.4) is 0 Å². The average Bonchev–Trinajstić information content (AvgIpc) is 3.24. The van der Waals surface area contributed by atoms with Crippen molar-refractivity contribution >= 4 is 23.6 Å². The standard InChI is InChI=1S/C19H16ClNO4/c20-15-7-12(8-17-19(15)24-11-23-17)5-6-18(22)21-10-14-9-13-3-1-2-4-16(13)25-14/h1-8,14H,9-11H2,(H,21,22). The maximum Gasteiger partial charge on any atom is 0.244 e. The summed E-state index contributed by atoms with van der Waals surface area (Å²) >= 11 is 6.13. The largest absolute Gasteiger partial charge is 0.488 e. The summed E-state index contributed by atoms with van der Waals surface area (Å²) in [6.07, 6.45) is 3.93. The summed E-state index contributed by atoms with van der Waals surface area (Å²) in [5.41, 5.74) is 1.95. The zero-order valence-corrected chi connectivity index (χ0v) is 14.1. The number of halogens is 1. The van der Waals surface area contributed by atoms with Gasteiger partial charge in [-0.25, -0.2) is 0 Å². The third-order valence-corrected chi connectivity index (χ3v) is 4.38. The molecule has 0 saturated heterocycles. The predicted octanol–water partition coefficient (Wildman–Crippen LogP) is 3.20. The second-order valence-electron chi connectivity index (χ2n) is 5.87. The molecule has 2 aliphatic heterocycles. The van der Waals surface area contributed by atoms with Gasteiger partial charge in [-0.05, 0) is 35.4 Å². The van der Waals surface area contributed by atoms with E-state index in [9.17, 15) is 4.79 Å². The van der Waals surface area contributed by atoms with Crippen LogP contribution in [-0.4, -0.2) is 25.3 Å². The normalized spacial score (nSPS) is 17.4. The van der Waals surface area contributed by atoms with E-state index in [0.29, 0.717) is 23.1 Å². The van der Waals surface area contributed by atoms with Crippen LogP contribution in [0.25, 0.3) is 6.08 Å². The molecule has 1 atom stereocenters. The smallest absolute Gasteiger partial charge is 0.244 e. The summed E-state index contributed by atoms with van der Waals surface area (Å²) in [7, 11) is 0. The Bertz CT molecular complexity index is 824. The van der Waals surface area contributed by atoms with Crippen LogP contribution in [0.1, 0.15) is 11.1 Å². The van der Waals surface area contributed by atoms with Crippen molar-refractivity contribution < 1.29 is 19.0 Å². The maximum absolute atomic E-state index is 12.0. The Balaban J connectivity index is 1.32. The summed E-state index contributed by atoms with van der Waals surface area (Å²) < 4.78 is 16.4. The Morgan fingerprint density at radius 3 is 3.00 bits per heavy atom. The van der Waals surface area contributed by atoms with Gasteiger partial charge in [0.25, 0.3) is 0 Å². The molecule has 0 spiro atoms. The van der Waals surface area contributed by atoms with E-state index in [2.05, 4.69) is 5.32 Å². The molecular formula is C19H16ClNO4. The number of amides is 1. The molecule has 1 amide bonds. The Morgan fingerprint density at radius 2 is 2.12 bits per heavy atom. The van der Waals surface area contributed by atoms with Gasteiger partial charge in [0.1, 0.15) is 11.9 Å². The lowest BCUT2D eigenvalue weighted by Crippen LogP contribution is -2.33. The zero-order valence-electron chi connectivity index (χ0n) is 13.3. The van der Waals surface area contributed by atoms with Crippen LogP contribution in [0.5, 0.6) is 17.2 Å². The molecule has 2 heterocycles. The molecule has 0 aromatic heterocycles. The van der Waals surface area contributed by atoms with Crippen molar-refractivity contribution in [3.8, 4) is 17.2 Å². The second-order valence-corrected chi connectivity index (χ2v) is 6.27. The number of fused-ring (bicyclic) bond motifs is 2. The van der Waals surface area contributed by atoms with Crippen molar-refractivity contribution in [1.29, 1.82) is 0 Å². The minimum atomic E-state index is -0.187. The first kappa shape index (κ1) is 15.8. The van der Waals surface area contributed by atoms with Crippen LogP contribution in [-0.2, 0) is 11.2 Å². The fourth-order valence-electron chi connectivity index (χ4n) is 2.90. The third kappa shape index (κ3) is 3.42. The number of carbonyl (C=O) groups is 1. The summed E-state index contributed by atoms with van der Waals surface area (Å²) in [4.78, 5) is 12.0. The molecule has 0 bridgehead atoms. The lowest BCUT2D eigenvalue weighted by molar-refractivity contribution is -0.116. The molecule has 5 nitrogen and oxygen atoms in total. The van der Waals surface area contributed by atoms with Gasteiger partial charge >= 0.3 is 0 Å². The first-order valence-corrected chi connectivity index (χ1v) is 8.36. The Kier molecular flexibility index (Phi) is 4.24. The highest BCUT2D eigenvalue weighted by Gasteiger charge is 2.22. The molecule has 4 rings (SSSR count). The van der Waals surface area contributed by atoms with Gasteiger partial charge in [0.2, 0.25) is 12.7 Å². The molecule has 0 fully saturated rings. The monoisotopic (exact) mass is 357 g/mol. The van der Waals surface area contributed by atoms with Crippen LogP contribution in [0, 0.1) is 0 Å². The van der Waals surface area contributed by atoms with E-state index in [4.69, 9.17) is 25.8 Å². The molecule has 1 N–H and O–H groups in total. The molecule has 25 heavy (non-hydrogen) atoms. The van der Waals surface area contributed by atoms with Crippen LogP contribution < -0.4 is 19.5 Å². The zero-order chi connectivity index (χ0) is 17.2. The highest BCUT2D eigenvalue weighted by Crippen LogP contribution is 2.40. The molecule has 1 unspecified atom stereocenters. The van der Waals surface area contributed by atoms with Crippen LogP contribution >= 0.6 is 11.6 Å². The number of carbonyl (C=O) groups excluding carboxylic acids is 1. The lowest BCUT2D eigenvalue weighted by atomic mass is 10.1. The summed E-state index contributed by atoms with van der Waals surface area (Å²) in [6, 6.07) is 11.4. The summed E-state index contributed by atoms with van der Waals surface area (Å²) in [5, 5.41) is 3.32. The number of nitrogens with one attached hydrogen (secondary N) is 1. The predicted molar refractivity (Wildman–Crippen MR) is 94.2 cm³/mol. The van der Waals surface area contributed by atoms with E-state index in [1.807, 2.05) is 24.3 Å². The fraction of sp³-hybridized carbons (Fsp3) is 0.211. The minimum Gasteiger partial charge on any atom is -0.488 e. The van der Waals surface area contributed by atoms with E-state index in [1.54, 1.807) is 18.2 Å². The van der Waals surface area contributed by atoms with E-state index < -0.39 is 0 Å². The van der Waals surface area contributed by atoms with Gasteiger partial charge in [-0.15, -0.1) is 0 Å². The minimum absolute atomic E-state index is 0.0327. The molecule has 2 aromatic rings. The van der Waals surface area contributed by atoms with E-state index >= 15 is 0 Å². The number of rotatable bonds is 4. The average molecular weight is 358 g/mol. The molecule has 2 aliphatic rings. The number of ether oxygens (including phenoxy) is 3. The van der Waals surface area contributed by atoms with Gasteiger partial charge in [0.05, 0.1) is 11.6 Å². The Morgan fingerprint density at radius 1 is 1.24 bits per heavy atom. The molecular weight excluding hydrogens is 342 g/mol. The molecule has 6 heteroatoms. The number of benzene rings is 2. The highest BCUT2D eigenvalue weighted by molar-refractivity contribution is 6.32. The third-order valence-electron chi connectivity index (χ3n) is 4.09. The van der Waals surface area contributed by atoms with Crippen molar-refractivity contribution in [2.45, 2.75) is 12.5 Å². The molecule has 0 radical (unpaired) electrons. The topological polar surface area (TPSA) is 56.8 Å². The van der Waals surface area contributed by atoms with Crippen LogP contribution in [0.4, 0.5) is 0 Å². The molecule has 128 valence electrons. The Labute approximate surface area is 150 Å². The van der Waals surface area contributed by atoms with Crippen molar-refractivity contribution in [2.24, 2.45) is 0 Å². The molecule has 0 saturated carbocycles. The number of para-hydroxylation sites is 1. The lowest BCUT2D eigenvalue weighted by Gasteiger charge is -2.10. The summed E-state index contributed by atoms with van der Waals surface area (Å²) in [6.45, 7) is 0.617. The first-order chi connectivity index (χ1) is 12.2. The van der Waals surface area contributed by atoms with Crippen molar-refractivity contribution in [2.75, 3.05) is 13.3 Å². The van der Waals surface area contributed by atoms with Crippen molar-refractivity contribution in [1.82, 2.24) is 5.32 Å². The van der Waals surface area contributed by atoms with Crippen LogP contribution in [0.2, 0.25) is 5.02 Å². The van der Waals surface area contributed by atoms with Gasteiger partial charge in [-0.2, -0.15) is 0 Å².